The van der Waals surface area contributed by atoms with Crippen molar-refractivity contribution in [2.75, 3.05) is 13.2 Å². The number of amides is 1. The maximum atomic E-state index is 14.0. The first-order valence-corrected chi connectivity index (χ1v) is 15.0. The normalized spacial score (nSPS) is 12.5. The summed E-state index contributed by atoms with van der Waals surface area (Å²) < 4.78 is 22.4. The number of fused-ring (bicyclic) bond motifs is 1. The van der Waals surface area contributed by atoms with E-state index in [1.807, 2.05) is 5.38 Å². The van der Waals surface area contributed by atoms with Crippen molar-refractivity contribution in [1.29, 1.82) is 0 Å². The van der Waals surface area contributed by atoms with E-state index in [0.29, 0.717) is 40.0 Å². The van der Waals surface area contributed by atoms with Gasteiger partial charge in [-0.2, -0.15) is 0 Å². The molecular weight excluding hydrogens is 582 g/mol. The fraction of sp³-hybridized carbons (Fsp3) is 0.241. The Labute approximate surface area is 247 Å². The van der Waals surface area contributed by atoms with E-state index in [4.69, 9.17) is 9.84 Å². The zero-order valence-corrected chi connectivity index (χ0v) is 24.0. The molecule has 0 aliphatic carbocycles. The molecule has 1 amide bonds. The predicted molar refractivity (Wildman–Crippen MR) is 158 cm³/mol. The molecule has 2 unspecified atom stereocenters. The molecule has 0 aliphatic heterocycles. The number of unbranched alkanes of at least 4 members (excludes halogenated alkanes) is 1. The van der Waals surface area contributed by atoms with Gasteiger partial charge in [0.15, 0.2) is 0 Å². The zero-order valence-electron chi connectivity index (χ0n) is 22.4. The Bertz CT molecular complexity index is 1640. The number of carboxylic acid groups (broad SMARTS) is 2. The van der Waals surface area contributed by atoms with Crippen LogP contribution in [0.15, 0.2) is 81.8 Å². The third-order valence-corrected chi connectivity index (χ3v) is 8.21. The van der Waals surface area contributed by atoms with Crippen molar-refractivity contribution in [3.05, 3.63) is 92.9 Å². The summed E-state index contributed by atoms with van der Waals surface area (Å²) in [4.78, 5) is 53.3. The second-order valence-electron chi connectivity index (χ2n) is 9.30. The second kappa shape index (κ2) is 14.5. The van der Waals surface area contributed by atoms with Crippen LogP contribution in [0.5, 0.6) is 5.75 Å². The highest BCUT2D eigenvalue weighted by molar-refractivity contribution is 7.83. The number of aromatic amines is 1. The number of hydrogen-bond acceptors (Lipinski definition) is 7. The molecule has 2 atom stereocenters. The van der Waals surface area contributed by atoms with Gasteiger partial charge >= 0.3 is 11.9 Å². The molecule has 11 nitrogen and oxygen atoms in total. The number of carbonyl (C=O) groups is 3. The van der Waals surface area contributed by atoms with Gasteiger partial charge in [-0.3, -0.25) is 19.2 Å². The summed E-state index contributed by atoms with van der Waals surface area (Å²) in [6, 6.07) is 16.8. The molecule has 0 bridgehead atoms. The van der Waals surface area contributed by atoms with Gasteiger partial charge in [0, 0.05) is 28.4 Å². The summed E-state index contributed by atoms with van der Waals surface area (Å²) in [5.41, 5.74) is 0.630. The fourth-order valence-corrected chi connectivity index (χ4v) is 5.95. The molecule has 4 N–H and O–H groups in total. The molecule has 2 heterocycles. The van der Waals surface area contributed by atoms with Crippen molar-refractivity contribution in [3.8, 4) is 5.75 Å². The van der Waals surface area contributed by atoms with E-state index in [1.54, 1.807) is 60.7 Å². The van der Waals surface area contributed by atoms with Crippen molar-refractivity contribution in [3.63, 3.8) is 0 Å². The lowest BCUT2D eigenvalue weighted by Crippen LogP contribution is -2.43. The number of pyridine rings is 1. The molecule has 4 rings (SSSR count). The Morgan fingerprint density at radius 1 is 1.00 bits per heavy atom. The first-order chi connectivity index (χ1) is 20.2. The molecule has 42 heavy (non-hydrogen) atoms. The molecule has 2 aromatic heterocycles. The maximum Gasteiger partial charge on any atom is 0.323 e. The number of para-hydroxylation sites is 1. The first kappa shape index (κ1) is 30.6. The summed E-state index contributed by atoms with van der Waals surface area (Å²) >= 11 is 1.38. The number of aromatic nitrogens is 1. The number of thiophene rings is 1. The largest absolute Gasteiger partial charge is 0.493 e. The minimum absolute atomic E-state index is 0.000823. The van der Waals surface area contributed by atoms with Crippen molar-refractivity contribution in [1.82, 2.24) is 14.6 Å². The zero-order chi connectivity index (χ0) is 30.1. The van der Waals surface area contributed by atoms with Gasteiger partial charge in [0.2, 0.25) is 11.5 Å². The number of nitrogens with zero attached hydrogens (tertiary/aromatic N) is 1. The average molecular weight is 612 g/mol. The highest BCUT2D eigenvalue weighted by Gasteiger charge is 2.31. The average Bonchev–Trinajstić information content (AvgIpc) is 3.48. The number of ether oxygens (including phenoxy) is 1. The standard InChI is InChI=1S/C29H29N3O8S2/c33-25-13-10-19-16-21(11-12-23(19)30-25)42(39)31-28(29(38)32(18-27(36)37)17-20-6-5-15-41-20)22-7-1-2-8-24(22)40-14-4-3-9-26(34)35/h1-2,5-8,10-13,15-16,28,31H,3-4,9,14,17-18H2,(H,30,33)(H,34,35)(H,36,37). The lowest BCUT2D eigenvalue weighted by Gasteiger charge is -2.27. The van der Waals surface area contributed by atoms with Gasteiger partial charge in [0.25, 0.3) is 0 Å². The Morgan fingerprint density at radius 3 is 2.55 bits per heavy atom. The number of rotatable bonds is 15. The van der Waals surface area contributed by atoms with E-state index < -0.39 is 41.4 Å². The number of carboxylic acids is 2. The number of carbonyl (C=O) groups excluding carboxylic acids is 1. The fourth-order valence-electron chi connectivity index (χ4n) is 4.23. The minimum atomic E-state index is -1.94. The number of aliphatic carboxylic acids is 2. The highest BCUT2D eigenvalue weighted by atomic mass is 32.2. The summed E-state index contributed by atoms with van der Waals surface area (Å²) in [7, 11) is -1.94. The van der Waals surface area contributed by atoms with E-state index in [0.717, 1.165) is 4.88 Å². The number of nitrogens with one attached hydrogen (secondary N) is 2. The third-order valence-electron chi connectivity index (χ3n) is 6.22. The Balaban J connectivity index is 1.66. The van der Waals surface area contributed by atoms with Crippen LogP contribution >= 0.6 is 11.3 Å². The molecule has 0 saturated heterocycles. The second-order valence-corrected chi connectivity index (χ2v) is 11.6. The Morgan fingerprint density at radius 2 is 1.81 bits per heavy atom. The SMILES string of the molecule is O=C(O)CCCCOc1ccccc1C(NS(=O)c1ccc2[nH]c(=O)ccc2c1)C(=O)N(CC(=O)O)Cc1cccs1. The van der Waals surface area contributed by atoms with E-state index in [-0.39, 0.29) is 25.1 Å². The van der Waals surface area contributed by atoms with Gasteiger partial charge in [-0.05, 0) is 60.0 Å². The summed E-state index contributed by atoms with van der Waals surface area (Å²) in [5, 5.41) is 20.9. The Kier molecular flexibility index (Phi) is 10.6. The molecule has 0 saturated carbocycles. The van der Waals surface area contributed by atoms with Gasteiger partial charge in [0.05, 0.1) is 18.0 Å². The smallest absolute Gasteiger partial charge is 0.323 e. The van der Waals surface area contributed by atoms with Crippen molar-refractivity contribution in [2.24, 2.45) is 0 Å². The van der Waals surface area contributed by atoms with Crippen molar-refractivity contribution < 1.29 is 33.5 Å². The van der Waals surface area contributed by atoms with Crippen LogP contribution in [0.4, 0.5) is 0 Å². The number of benzene rings is 2. The molecule has 13 heteroatoms. The lowest BCUT2D eigenvalue weighted by molar-refractivity contribution is -0.145. The molecule has 0 spiro atoms. The molecule has 2 aromatic carbocycles. The monoisotopic (exact) mass is 611 g/mol. The molecule has 0 fully saturated rings. The van der Waals surface area contributed by atoms with Crippen LogP contribution in [0.3, 0.4) is 0 Å². The van der Waals surface area contributed by atoms with E-state index in [2.05, 4.69) is 9.71 Å². The molecule has 0 aliphatic rings. The Hall–Kier alpha value is -4.33. The molecular formula is C29H29N3O8S2. The summed E-state index contributed by atoms with van der Waals surface area (Å²) in [6.45, 7) is -0.358. The molecule has 220 valence electrons. The van der Waals surface area contributed by atoms with Crippen LogP contribution in [0.25, 0.3) is 10.9 Å². The van der Waals surface area contributed by atoms with Gasteiger partial charge < -0.3 is 24.8 Å². The lowest BCUT2D eigenvalue weighted by atomic mass is 10.0. The van der Waals surface area contributed by atoms with Crippen molar-refractivity contribution in [2.45, 2.75) is 36.7 Å². The first-order valence-electron chi connectivity index (χ1n) is 13.0. The number of H-pyrrole nitrogens is 1. The van der Waals surface area contributed by atoms with E-state index >= 15 is 0 Å². The third kappa shape index (κ3) is 8.35. The van der Waals surface area contributed by atoms with Crippen LogP contribution < -0.4 is 15.0 Å². The van der Waals surface area contributed by atoms with Crippen LogP contribution in [0.1, 0.15) is 35.7 Å². The van der Waals surface area contributed by atoms with Gasteiger partial charge in [-0.25, -0.2) is 8.93 Å². The van der Waals surface area contributed by atoms with Crippen LogP contribution in [0.2, 0.25) is 0 Å². The van der Waals surface area contributed by atoms with Gasteiger partial charge in [-0.1, -0.05) is 24.3 Å². The molecule has 4 aromatic rings. The highest BCUT2D eigenvalue weighted by Crippen LogP contribution is 2.29. The van der Waals surface area contributed by atoms with Crippen LogP contribution in [-0.2, 0) is 31.9 Å². The summed E-state index contributed by atoms with van der Waals surface area (Å²) in [6.07, 6.45) is 0.864. The van der Waals surface area contributed by atoms with Crippen molar-refractivity contribution >= 4 is 51.1 Å². The van der Waals surface area contributed by atoms with Gasteiger partial charge in [0.1, 0.15) is 29.3 Å². The maximum absolute atomic E-state index is 14.0. The van der Waals surface area contributed by atoms with Gasteiger partial charge in [-0.15, -0.1) is 11.3 Å². The van der Waals surface area contributed by atoms with Crippen LogP contribution in [-0.4, -0.2) is 55.3 Å². The predicted octanol–water partition coefficient (Wildman–Crippen LogP) is 3.69. The quantitative estimate of drug-likeness (QED) is 0.148. The number of hydrogen-bond donors (Lipinski definition) is 4. The summed E-state index contributed by atoms with van der Waals surface area (Å²) in [5.74, 6) is -2.41. The minimum Gasteiger partial charge on any atom is -0.493 e. The van der Waals surface area contributed by atoms with E-state index in [1.165, 1.54) is 22.3 Å². The van der Waals surface area contributed by atoms with E-state index in [9.17, 15) is 28.5 Å². The van der Waals surface area contributed by atoms with Crippen LogP contribution in [0, 0.1) is 0 Å². The topological polar surface area (TPSA) is 166 Å². The molecule has 0 radical (unpaired) electrons.